The van der Waals surface area contributed by atoms with Gasteiger partial charge < -0.3 is 10.1 Å². The molecule has 0 bridgehead atoms. The number of amides is 1. The highest BCUT2D eigenvalue weighted by molar-refractivity contribution is 7.99. The number of rotatable bonds is 12. The van der Waals surface area contributed by atoms with Crippen molar-refractivity contribution in [2.24, 2.45) is 0 Å². The average molecular weight is 456 g/mol. The van der Waals surface area contributed by atoms with E-state index < -0.39 is 0 Å². The molecule has 0 saturated carbocycles. The van der Waals surface area contributed by atoms with Crippen molar-refractivity contribution < 1.29 is 9.53 Å². The van der Waals surface area contributed by atoms with Gasteiger partial charge in [0, 0.05) is 49.4 Å². The Kier molecular flexibility index (Phi) is 10.5. The zero-order chi connectivity index (χ0) is 22.4. The molecule has 2 aromatic heterocycles. The van der Waals surface area contributed by atoms with Gasteiger partial charge in [-0.25, -0.2) is 15.0 Å². The number of nitrogens with zero attached hydrogens (tertiary/aromatic N) is 4. The summed E-state index contributed by atoms with van der Waals surface area (Å²) in [6, 6.07) is 5.95. The highest BCUT2D eigenvalue weighted by atomic mass is 32.2. The normalized spacial score (nSPS) is 14.5. The van der Waals surface area contributed by atoms with E-state index >= 15 is 0 Å². The lowest BCUT2D eigenvalue weighted by molar-refractivity contribution is -0.120. The van der Waals surface area contributed by atoms with Crippen LogP contribution < -0.4 is 10.1 Å². The van der Waals surface area contributed by atoms with E-state index in [1.165, 1.54) is 37.9 Å². The molecule has 1 saturated heterocycles. The Labute approximate surface area is 195 Å². The molecule has 1 aliphatic rings. The van der Waals surface area contributed by atoms with Gasteiger partial charge in [0.15, 0.2) is 5.16 Å². The Balaban J connectivity index is 1.25. The summed E-state index contributed by atoms with van der Waals surface area (Å²) in [5, 5.41) is 3.66. The quantitative estimate of drug-likeness (QED) is 0.226. The third-order valence-corrected chi connectivity index (χ3v) is 6.07. The second-order valence-electron chi connectivity index (χ2n) is 7.86. The maximum absolute atomic E-state index is 11.9. The molecular formula is C24H33N5O2S. The van der Waals surface area contributed by atoms with E-state index in [1.807, 2.05) is 37.4 Å². The Morgan fingerprint density at radius 2 is 2.03 bits per heavy atom. The average Bonchev–Trinajstić information content (AvgIpc) is 2.80. The lowest BCUT2D eigenvalue weighted by Crippen LogP contribution is -2.29. The number of carbonyl (C=O) groups is 1. The number of likely N-dealkylation sites (tertiary alicyclic amines) is 1. The summed E-state index contributed by atoms with van der Waals surface area (Å²) in [7, 11) is 0. The van der Waals surface area contributed by atoms with Crippen LogP contribution in [0.25, 0.3) is 0 Å². The summed E-state index contributed by atoms with van der Waals surface area (Å²) in [5.41, 5.74) is 2.19. The van der Waals surface area contributed by atoms with Crippen molar-refractivity contribution in [1.29, 1.82) is 0 Å². The molecule has 1 N–H and O–H groups in total. The second-order valence-corrected chi connectivity index (χ2v) is 8.92. The van der Waals surface area contributed by atoms with Crippen LogP contribution in [0.2, 0.25) is 0 Å². The van der Waals surface area contributed by atoms with E-state index in [9.17, 15) is 4.79 Å². The Morgan fingerprint density at radius 1 is 1.19 bits per heavy atom. The predicted molar refractivity (Wildman–Crippen MR) is 128 cm³/mol. The first-order chi connectivity index (χ1) is 15.7. The fourth-order valence-electron chi connectivity index (χ4n) is 3.44. The number of hydrogen-bond donors (Lipinski definition) is 1. The van der Waals surface area contributed by atoms with E-state index in [1.54, 1.807) is 18.0 Å². The molecule has 0 radical (unpaired) electrons. The van der Waals surface area contributed by atoms with E-state index in [0.717, 1.165) is 29.6 Å². The smallest absolute Gasteiger partial charge is 0.220 e. The molecule has 1 amide bonds. The minimum Gasteiger partial charge on any atom is -0.473 e. The molecule has 8 heteroatoms. The van der Waals surface area contributed by atoms with Crippen LogP contribution >= 0.6 is 11.8 Å². The number of hydrogen-bond acceptors (Lipinski definition) is 7. The number of thioether (sulfide) groups is 1. The lowest BCUT2D eigenvalue weighted by atomic mass is 10.1. The van der Waals surface area contributed by atoms with Crippen molar-refractivity contribution >= 4 is 17.7 Å². The lowest BCUT2D eigenvalue weighted by Gasteiger charge is -2.26. The van der Waals surface area contributed by atoms with Gasteiger partial charge in [0.05, 0.1) is 0 Å². The van der Waals surface area contributed by atoms with Crippen LogP contribution in [0, 0.1) is 6.92 Å². The summed E-state index contributed by atoms with van der Waals surface area (Å²) in [4.78, 5) is 27.3. The number of aryl methyl sites for hydroxylation is 1. The maximum atomic E-state index is 11.9. The van der Waals surface area contributed by atoms with Gasteiger partial charge in [0.2, 0.25) is 11.8 Å². The van der Waals surface area contributed by atoms with E-state index in [4.69, 9.17) is 4.74 Å². The summed E-state index contributed by atoms with van der Waals surface area (Å²) < 4.78 is 5.73. The molecule has 0 unspecified atom stereocenters. The highest BCUT2D eigenvalue weighted by Crippen LogP contribution is 2.16. The molecule has 1 fully saturated rings. The van der Waals surface area contributed by atoms with Crippen LogP contribution in [0.4, 0.5) is 0 Å². The molecule has 7 nitrogen and oxygen atoms in total. The van der Waals surface area contributed by atoms with Gasteiger partial charge in [-0.2, -0.15) is 0 Å². The van der Waals surface area contributed by atoms with Crippen molar-refractivity contribution in [3.8, 4) is 5.88 Å². The third kappa shape index (κ3) is 9.36. The van der Waals surface area contributed by atoms with Gasteiger partial charge in [-0.1, -0.05) is 24.3 Å². The number of pyridine rings is 1. The third-order valence-electron chi connectivity index (χ3n) is 5.12. The minimum absolute atomic E-state index is 0.0495. The Bertz CT molecular complexity index is 871. The topological polar surface area (TPSA) is 80.2 Å². The van der Waals surface area contributed by atoms with Crippen molar-refractivity contribution in [3.63, 3.8) is 0 Å². The SMILES string of the molecule is Cc1ccnc(SCCCC(=O)NC/C=C\COc2cc(CN3CCCCC3)ccn2)n1. The number of aromatic nitrogens is 3. The zero-order valence-electron chi connectivity index (χ0n) is 18.8. The van der Waals surface area contributed by atoms with Crippen LogP contribution in [-0.2, 0) is 11.3 Å². The molecular weight excluding hydrogens is 422 g/mol. The first-order valence-corrected chi connectivity index (χ1v) is 12.3. The van der Waals surface area contributed by atoms with E-state index in [-0.39, 0.29) is 5.91 Å². The largest absolute Gasteiger partial charge is 0.473 e. The van der Waals surface area contributed by atoms with Crippen LogP contribution in [0.5, 0.6) is 5.88 Å². The Hall–Kier alpha value is -2.45. The van der Waals surface area contributed by atoms with Crippen LogP contribution in [0.1, 0.15) is 43.4 Å². The van der Waals surface area contributed by atoms with Gasteiger partial charge in [0.1, 0.15) is 6.61 Å². The number of carbonyl (C=O) groups excluding carboxylic acids is 1. The number of piperidine rings is 1. The first kappa shape index (κ1) is 24.2. The van der Waals surface area contributed by atoms with Crippen molar-refractivity contribution in [3.05, 3.63) is 54.0 Å². The second kappa shape index (κ2) is 13.9. The van der Waals surface area contributed by atoms with Gasteiger partial charge in [0.25, 0.3) is 0 Å². The van der Waals surface area contributed by atoms with Gasteiger partial charge in [-0.3, -0.25) is 9.69 Å². The fraction of sp³-hybridized carbons (Fsp3) is 0.500. The fourth-order valence-corrected chi connectivity index (χ4v) is 4.26. The minimum atomic E-state index is 0.0495. The summed E-state index contributed by atoms with van der Waals surface area (Å²) in [6.07, 6.45) is 12.6. The van der Waals surface area contributed by atoms with Crippen molar-refractivity contribution in [2.45, 2.75) is 50.7 Å². The molecule has 32 heavy (non-hydrogen) atoms. The first-order valence-electron chi connectivity index (χ1n) is 11.3. The number of ether oxygens (including phenoxy) is 1. The standard InChI is InChI=1S/C24H33N5O2S/c1-20-9-12-27-24(28-20)32-17-7-8-22(30)25-11-3-6-16-31-23-18-21(10-13-26-23)19-29-14-4-2-5-15-29/h3,6,9-10,12-13,18H,2,4-5,7-8,11,14-17,19H2,1H3,(H,25,30)/b6-3-. The summed E-state index contributed by atoms with van der Waals surface area (Å²) >= 11 is 1.58. The molecule has 0 aliphatic carbocycles. The monoisotopic (exact) mass is 455 g/mol. The molecule has 172 valence electrons. The molecule has 0 aromatic carbocycles. The van der Waals surface area contributed by atoms with Crippen LogP contribution in [-0.4, -0.2) is 57.8 Å². The molecule has 0 atom stereocenters. The van der Waals surface area contributed by atoms with Gasteiger partial charge in [-0.15, -0.1) is 0 Å². The molecule has 3 heterocycles. The van der Waals surface area contributed by atoms with Gasteiger partial charge in [-0.05, 0) is 63.0 Å². The maximum Gasteiger partial charge on any atom is 0.220 e. The van der Waals surface area contributed by atoms with E-state index in [0.29, 0.717) is 25.5 Å². The molecule has 3 rings (SSSR count). The summed E-state index contributed by atoms with van der Waals surface area (Å²) in [5.74, 6) is 1.52. The highest BCUT2D eigenvalue weighted by Gasteiger charge is 2.10. The van der Waals surface area contributed by atoms with Crippen molar-refractivity contribution in [2.75, 3.05) is 32.0 Å². The van der Waals surface area contributed by atoms with Gasteiger partial charge >= 0.3 is 0 Å². The molecule has 2 aromatic rings. The molecule has 1 aliphatic heterocycles. The van der Waals surface area contributed by atoms with E-state index in [2.05, 4.69) is 31.2 Å². The Morgan fingerprint density at radius 3 is 2.88 bits per heavy atom. The number of nitrogens with one attached hydrogen (secondary N) is 1. The van der Waals surface area contributed by atoms with Crippen LogP contribution in [0.15, 0.2) is 47.9 Å². The predicted octanol–water partition coefficient (Wildman–Crippen LogP) is 3.79. The molecule has 0 spiro atoms. The summed E-state index contributed by atoms with van der Waals surface area (Å²) in [6.45, 7) is 6.18. The van der Waals surface area contributed by atoms with Crippen LogP contribution in [0.3, 0.4) is 0 Å². The zero-order valence-corrected chi connectivity index (χ0v) is 19.6. The van der Waals surface area contributed by atoms with Crippen molar-refractivity contribution in [1.82, 2.24) is 25.2 Å².